The summed E-state index contributed by atoms with van der Waals surface area (Å²) < 4.78 is 53.2. The first-order chi connectivity index (χ1) is 20.2. The first-order valence-electron chi connectivity index (χ1n) is 14.3. The third-order valence-corrected chi connectivity index (χ3v) is 8.30. The maximum absolute atomic E-state index is 14.1. The highest BCUT2D eigenvalue weighted by Crippen LogP contribution is 2.47. The number of pyridine rings is 1. The topological polar surface area (TPSA) is 122 Å². The van der Waals surface area contributed by atoms with Crippen LogP contribution in [0.4, 0.5) is 23.9 Å². The van der Waals surface area contributed by atoms with Gasteiger partial charge in [0, 0.05) is 42.5 Å². The Morgan fingerprint density at radius 3 is 2.67 bits per heavy atom. The van der Waals surface area contributed by atoms with Crippen LogP contribution in [0.2, 0.25) is 0 Å². The molecular formula is C30H34F3N7O3. The van der Waals surface area contributed by atoms with Gasteiger partial charge in [-0.25, -0.2) is 19.7 Å². The molecule has 0 bridgehead atoms. The molecule has 10 nitrogen and oxygen atoms in total. The zero-order valence-electron chi connectivity index (χ0n) is 24.7. The van der Waals surface area contributed by atoms with Gasteiger partial charge in [-0.3, -0.25) is 0 Å². The monoisotopic (exact) mass is 597 g/mol. The fraction of sp³-hybridized carbons (Fsp3) is 0.500. The summed E-state index contributed by atoms with van der Waals surface area (Å²) in [5.41, 5.74) is 0.922. The average molecular weight is 598 g/mol. The molecule has 2 atom stereocenters. The predicted molar refractivity (Wildman–Crippen MR) is 153 cm³/mol. The van der Waals surface area contributed by atoms with Crippen molar-refractivity contribution in [3.8, 4) is 22.5 Å². The molecule has 6 rings (SSSR count). The minimum atomic E-state index is -4.66. The number of anilines is 1. The van der Waals surface area contributed by atoms with Crippen molar-refractivity contribution in [3.63, 3.8) is 0 Å². The lowest BCUT2D eigenvalue weighted by Gasteiger charge is -2.27. The molecule has 1 saturated heterocycles. The van der Waals surface area contributed by atoms with E-state index in [-0.39, 0.29) is 34.8 Å². The number of carbonyl (C=O) groups excluding carboxylic acids is 1. The second kappa shape index (κ2) is 10.2. The van der Waals surface area contributed by atoms with Gasteiger partial charge < -0.3 is 24.5 Å². The Kier molecular flexibility index (Phi) is 6.89. The highest BCUT2D eigenvalue weighted by molar-refractivity contribution is 5.94. The number of ether oxygens (including phenoxy) is 1. The molecule has 0 aromatic carbocycles. The molecule has 2 fully saturated rings. The molecule has 1 aliphatic heterocycles. The van der Waals surface area contributed by atoms with Crippen LogP contribution in [0, 0.1) is 19.3 Å². The molecule has 1 aliphatic carbocycles. The Morgan fingerprint density at radius 1 is 1.19 bits per heavy atom. The number of hydrogen-bond acceptors (Lipinski definition) is 8. The van der Waals surface area contributed by atoms with Crippen molar-refractivity contribution in [1.82, 2.24) is 30.0 Å². The first kappa shape index (κ1) is 28.9. The van der Waals surface area contributed by atoms with Gasteiger partial charge in [0.15, 0.2) is 0 Å². The van der Waals surface area contributed by atoms with Crippen LogP contribution in [0.15, 0.2) is 29.0 Å². The number of aryl methyl sites for hydroxylation is 2. The molecule has 4 aromatic heterocycles. The lowest BCUT2D eigenvalue weighted by atomic mass is 9.85. The summed E-state index contributed by atoms with van der Waals surface area (Å²) in [7, 11) is 0. The summed E-state index contributed by atoms with van der Waals surface area (Å²) in [6.07, 6.45) is 0.638. The number of aromatic amines is 1. The Balaban J connectivity index is 1.24. The van der Waals surface area contributed by atoms with E-state index in [0.717, 1.165) is 37.4 Å². The van der Waals surface area contributed by atoms with Crippen molar-refractivity contribution in [2.24, 2.45) is 5.41 Å². The van der Waals surface area contributed by atoms with Gasteiger partial charge >= 0.3 is 12.3 Å². The number of carbonyl (C=O) groups is 1. The molecule has 228 valence electrons. The zero-order chi connectivity index (χ0) is 30.7. The number of alkyl halides is 3. The molecule has 43 heavy (non-hydrogen) atoms. The van der Waals surface area contributed by atoms with Crippen LogP contribution in [0.3, 0.4) is 0 Å². The Bertz CT molecular complexity index is 1670. The van der Waals surface area contributed by atoms with E-state index in [1.54, 1.807) is 30.9 Å². The number of likely N-dealkylation sites (tertiary alicyclic amines) is 1. The predicted octanol–water partition coefficient (Wildman–Crippen LogP) is 6.90. The molecule has 2 aliphatic rings. The normalized spacial score (nSPS) is 20.8. The van der Waals surface area contributed by atoms with Crippen molar-refractivity contribution in [1.29, 1.82) is 0 Å². The van der Waals surface area contributed by atoms with E-state index in [0.29, 0.717) is 41.3 Å². The smallest absolute Gasteiger partial charge is 0.419 e. The second-order valence-corrected chi connectivity index (χ2v) is 12.7. The molecule has 0 radical (unpaired) electrons. The van der Waals surface area contributed by atoms with Crippen molar-refractivity contribution in [3.05, 3.63) is 41.5 Å². The van der Waals surface area contributed by atoms with Gasteiger partial charge in [0.2, 0.25) is 5.95 Å². The van der Waals surface area contributed by atoms with E-state index in [1.165, 1.54) is 6.20 Å². The minimum absolute atomic E-state index is 0.0367. The SMILES string of the molecule is Cc1noc(C)c1-c1ccc2c(-c3nc(NC4CCC5(CCN(C(=O)OC(C)(C)C)C5)C4)ncc3C(F)(F)F)c[nH]c2n1. The summed E-state index contributed by atoms with van der Waals surface area (Å²) in [4.78, 5) is 30.4. The van der Waals surface area contributed by atoms with Gasteiger partial charge in [-0.2, -0.15) is 13.2 Å². The molecule has 2 unspecified atom stereocenters. The fourth-order valence-electron chi connectivity index (χ4n) is 6.35. The van der Waals surface area contributed by atoms with E-state index in [2.05, 4.69) is 30.4 Å². The molecule has 2 N–H and O–H groups in total. The lowest BCUT2D eigenvalue weighted by molar-refractivity contribution is -0.137. The molecule has 1 spiro atoms. The van der Waals surface area contributed by atoms with Gasteiger partial charge in [0.05, 0.1) is 22.6 Å². The van der Waals surface area contributed by atoms with E-state index in [9.17, 15) is 18.0 Å². The van der Waals surface area contributed by atoms with E-state index >= 15 is 0 Å². The molecule has 13 heteroatoms. The highest BCUT2D eigenvalue weighted by atomic mass is 19.4. The van der Waals surface area contributed by atoms with E-state index in [1.807, 2.05) is 20.8 Å². The summed E-state index contributed by atoms with van der Waals surface area (Å²) >= 11 is 0. The van der Waals surface area contributed by atoms with Gasteiger partial charge in [0.25, 0.3) is 0 Å². The third-order valence-electron chi connectivity index (χ3n) is 8.30. The highest BCUT2D eigenvalue weighted by Gasteiger charge is 2.46. The number of nitrogens with one attached hydrogen (secondary N) is 2. The van der Waals surface area contributed by atoms with Crippen LogP contribution >= 0.6 is 0 Å². The number of aromatic nitrogens is 5. The van der Waals surface area contributed by atoms with Crippen LogP contribution in [-0.4, -0.2) is 60.8 Å². The summed E-state index contributed by atoms with van der Waals surface area (Å²) in [6.45, 7) is 10.3. The van der Waals surface area contributed by atoms with Gasteiger partial charge in [-0.05, 0) is 77.8 Å². The maximum atomic E-state index is 14.1. The Hall–Kier alpha value is -4.16. The maximum Gasteiger partial charge on any atom is 0.419 e. The molecule has 1 saturated carbocycles. The van der Waals surface area contributed by atoms with Crippen molar-refractivity contribution < 1.29 is 27.2 Å². The standard InChI is InChI=1S/C30H34F3N7O3/c1-16-23(17(2)43-39-16)22-7-6-19-20(13-34-25(19)37-22)24-21(30(31,32)33)14-35-26(38-24)36-18-8-9-29(12-18)10-11-40(15-29)27(41)42-28(3,4)5/h6-7,13-14,18H,8-12,15H2,1-5H3,(H,34,37)(H,35,36,38). The average Bonchev–Trinajstić information content (AvgIpc) is 3.70. The second-order valence-electron chi connectivity index (χ2n) is 12.7. The van der Waals surface area contributed by atoms with Gasteiger partial charge in [-0.15, -0.1) is 0 Å². The van der Waals surface area contributed by atoms with Crippen molar-refractivity contribution >= 4 is 23.1 Å². The number of rotatable bonds is 4. The fourth-order valence-corrected chi connectivity index (χ4v) is 6.35. The first-order valence-corrected chi connectivity index (χ1v) is 14.3. The molecule has 4 aromatic rings. The quantitative estimate of drug-likeness (QED) is 0.261. The Morgan fingerprint density at radius 2 is 1.98 bits per heavy atom. The van der Waals surface area contributed by atoms with Crippen LogP contribution < -0.4 is 5.32 Å². The number of halogens is 3. The van der Waals surface area contributed by atoms with Crippen molar-refractivity contribution in [2.45, 2.75) is 78.1 Å². The van der Waals surface area contributed by atoms with E-state index < -0.39 is 17.3 Å². The summed E-state index contributed by atoms with van der Waals surface area (Å²) in [6, 6.07) is 3.42. The van der Waals surface area contributed by atoms with E-state index in [4.69, 9.17) is 9.26 Å². The number of nitrogens with zero attached hydrogens (tertiary/aromatic N) is 5. The molecule has 5 heterocycles. The minimum Gasteiger partial charge on any atom is -0.444 e. The number of H-pyrrole nitrogens is 1. The van der Waals surface area contributed by atoms with Crippen LogP contribution in [0.25, 0.3) is 33.5 Å². The Labute approximate surface area is 246 Å². The zero-order valence-corrected chi connectivity index (χ0v) is 24.7. The van der Waals surface area contributed by atoms with Gasteiger partial charge in [0.1, 0.15) is 22.6 Å². The number of amides is 1. The number of fused-ring (bicyclic) bond motifs is 1. The van der Waals surface area contributed by atoms with Gasteiger partial charge in [-0.1, -0.05) is 5.16 Å². The van der Waals surface area contributed by atoms with Crippen LogP contribution in [0.5, 0.6) is 0 Å². The largest absolute Gasteiger partial charge is 0.444 e. The molecular weight excluding hydrogens is 563 g/mol. The molecule has 1 amide bonds. The number of hydrogen-bond donors (Lipinski definition) is 2. The lowest BCUT2D eigenvalue weighted by Crippen LogP contribution is -2.36. The summed E-state index contributed by atoms with van der Waals surface area (Å²) in [5, 5.41) is 7.74. The third kappa shape index (κ3) is 5.64. The van der Waals surface area contributed by atoms with Crippen molar-refractivity contribution in [2.75, 3.05) is 18.4 Å². The van der Waals surface area contributed by atoms with Crippen LogP contribution in [-0.2, 0) is 10.9 Å². The summed E-state index contributed by atoms with van der Waals surface area (Å²) in [5.74, 6) is 0.729. The van der Waals surface area contributed by atoms with Crippen LogP contribution in [0.1, 0.15) is 63.5 Å².